The molecule has 0 N–H and O–H groups in total. The first-order valence-corrected chi connectivity index (χ1v) is 18.9. The van der Waals surface area contributed by atoms with Crippen LogP contribution in [0.2, 0.25) is 0 Å². The average Bonchev–Trinajstić information content (AvgIpc) is 3.82. The van der Waals surface area contributed by atoms with E-state index in [9.17, 15) is 0 Å². The zero-order valence-electron chi connectivity index (χ0n) is 31.1. The first-order chi connectivity index (χ1) is 26.8. The molecule has 5 aromatic carbocycles. The molecule has 5 aromatic heterocycles. The minimum Gasteiger partial charge on any atom is -0.457 e. The van der Waals surface area contributed by atoms with Gasteiger partial charge in [0, 0.05) is 68.2 Å². The first-order valence-electron chi connectivity index (χ1n) is 18.9. The lowest BCUT2D eigenvalue weighted by atomic mass is 9.61. The van der Waals surface area contributed by atoms with Crippen LogP contribution in [-0.2, 0) is 10.8 Å². The van der Waals surface area contributed by atoms with Crippen molar-refractivity contribution in [3.63, 3.8) is 0 Å². The smallest absolute Gasteiger partial charge is 0.146 e. The fourth-order valence-corrected chi connectivity index (χ4v) is 8.82. The fourth-order valence-electron chi connectivity index (χ4n) is 8.82. The molecule has 0 amide bonds. The van der Waals surface area contributed by atoms with Crippen LogP contribution in [0.1, 0.15) is 39.0 Å². The van der Waals surface area contributed by atoms with Gasteiger partial charge in [0.15, 0.2) is 0 Å². The lowest BCUT2D eigenvalue weighted by Crippen LogP contribution is -2.44. The van der Waals surface area contributed by atoms with E-state index in [-0.39, 0.29) is 10.8 Å². The Kier molecular flexibility index (Phi) is 6.55. The van der Waals surface area contributed by atoms with Gasteiger partial charge >= 0.3 is 0 Å². The zero-order chi connectivity index (χ0) is 37.1. The molecular formula is C49H37N5O. The van der Waals surface area contributed by atoms with Crippen molar-refractivity contribution in [1.82, 2.24) is 23.9 Å². The first kappa shape index (κ1) is 31.7. The highest BCUT2D eigenvalue weighted by atomic mass is 16.5. The number of aromatic nitrogens is 5. The van der Waals surface area contributed by atoms with Gasteiger partial charge in [0.1, 0.15) is 28.6 Å². The Morgan fingerprint density at radius 2 is 1.27 bits per heavy atom. The molecule has 6 heteroatoms. The Bertz CT molecular complexity index is 3120. The van der Waals surface area contributed by atoms with Gasteiger partial charge in [-0.3, -0.25) is 8.97 Å². The largest absolute Gasteiger partial charge is 0.457 e. The Labute approximate surface area is 318 Å². The molecule has 1 aliphatic rings. The van der Waals surface area contributed by atoms with E-state index in [0.29, 0.717) is 5.75 Å². The molecule has 0 fully saturated rings. The second kappa shape index (κ2) is 11.4. The summed E-state index contributed by atoms with van der Waals surface area (Å²) in [6.07, 6.45) is 3.91. The van der Waals surface area contributed by atoms with Gasteiger partial charge in [0.25, 0.3) is 0 Å². The summed E-state index contributed by atoms with van der Waals surface area (Å²) in [6.45, 7) is 9.38. The SMILES string of the molecule is CC1(C)c2cccc3c4ccc(Oc5cc(-c6ccc(-c7ccccc7)cc6)nc(-n6c7ccccc7c7cccnc76)c5)cc4c4ncc(n4c23)C1(C)C. The number of para-hydroxylation sites is 2. The van der Waals surface area contributed by atoms with E-state index in [1.807, 2.05) is 30.5 Å². The minimum absolute atomic E-state index is 0.0727. The number of imidazole rings is 1. The lowest BCUT2D eigenvalue weighted by Gasteiger charge is -2.45. The van der Waals surface area contributed by atoms with E-state index in [1.165, 1.54) is 27.7 Å². The van der Waals surface area contributed by atoms with Crippen LogP contribution in [-0.4, -0.2) is 23.9 Å². The third kappa shape index (κ3) is 4.51. The third-order valence-electron chi connectivity index (χ3n) is 12.4. The van der Waals surface area contributed by atoms with Crippen LogP contribution in [0.4, 0.5) is 0 Å². The van der Waals surface area contributed by atoms with Crippen molar-refractivity contribution in [2.24, 2.45) is 0 Å². The second-order valence-electron chi connectivity index (χ2n) is 15.8. The van der Waals surface area contributed by atoms with Gasteiger partial charge in [-0.1, -0.05) is 119 Å². The maximum atomic E-state index is 6.87. The van der Waals surface area contributed by atoms with E-state index in [1.54, 1.807) is 0 Å². The molecule has 0 saturated carbocycles. The maximum Gasteiger partial charge on any atom is 0.146 e. The molecule has 0 radical (unpaired) electrons. The highest BCUT2D eigenvalue weighted by Gasteiger charge is 2.46. The van der Waals surface area contributed by atoms with Crippen LogP contribution in [0.25, 0.3) is 77.5 Å². The van der Waals surface area contributed by atoms with Crippen molar-refractivity contribution < 1.29 is 4.74 Å². The minimum atomic E-state index is -0.125. The molecule has 11 rings (SSSR count). The van der Waals surface area contributed by atoms with Crippen LogP contribution in [0.5, 0.6) is 11.5 Å². The molecule has 1 aliphatic heterocycles. The Hall–Kier alpha value is -6.79. The van der Waals surface area contributed by atoms with Crippen molar-refractivity contribution in [3.05, 3.63) is 163 Å². The van der Waals surface area contributed by atoms with Gasteiger partial charge < -0.3 is 4.74 Å². The van der Waals surface area contributed by atoms with Crippen LogP contribution >= 0.6 is 0 Å². The standard InChI is InChI=1S/C49H37N5O/c1-48(2)40-17-10-15-37-35-24-23-33(26-39(35)47-51-29-43(49(48,3)4)54(47)45(37)40)55-34-27-41(32-21-19-31(20-22-32)30-12-6-5-7-13-30)52-44(28-34)53-42-18-9-8-14-36(42)38-16-11-25-50-46(38)53/h5-29H,1-4H3. The summed E-state index contributed by atoms with van der Waals surface area (Å²) in [6, 6.07) is 48.7. The van der Waals surface area contributed by atoms with E-state index >= 15 is 0 Å². The van der Waals surface area contributed by atoms with Gasteiger partial charge in [-0.05, 0) is 58.5 Å². The molecule has 0 spiro atoms. The maximum absolute atomic E-state index is 6.87. The van der Waals surface area contributed by atoms with Crippen LogP contribution in [0.15, 0.2) is 152 Å². The highest BCUT2D eigenvalue weighted by molar-refractivity contribution is 6.13. The summed E-state index contributed by atoms with van der Waals surface area (Å²) in [4.78, 5) is 15.2. The summed E-state index contributed by atoms with van der Waals surface area (Å²) in [5.74, 6) is 2.14. The monoisotopic (exact) mass is 711 g/mol. The van der Waals surface area contributed by atoms with Crippen molar-refractivity contribution >= 4 is 49.3 Å². The summed E-state index contributed by atoms with van der Waals surface area (Å²) in [5.41, 5.74) is 10.6. The van der Waals surface area contributed by atoms with Crippen molar-refractivity contribution in [3.8, 4) is 39.7 Å². The topological polar surface area (TPSA) is 57.2 Å². The predicted octanol–water partition coefficient (Wildman–Crippen LogP) is 12.2. The molecule has 6 heterocycles. The van der Waals surface area contributed by atoms with E-state index < -0.39 is 0 Å². The van der Waals surface area contributed by atoms with Crippen molar-refractivity contribution in [1.29, 1.82) is 0 Å². The van der Waals surface area contributed by atoms with E-state index in [4.69, 9.17) is 19.7 Å². The number of fused-ring (bicyclic) bond motifs is 6. The molecule has 10 aromatic rings. The lowest BCUT2D eigenvalue weighted by molar-refractivity contribution is 0.288. The zero-order valence-corrected chi connectivity index (χ0v) is 31.1. The summed E-state index contributed by atoms with van der Waals surface area (Å²) in [7, 11) is 0. The quantitative estimate of drug-likeness (QED) is 0.167. The number of benzene rings is 5. The van der Waals surface area contributed by atoms with E-state index in [2.05, 4.69) is 158 Å². The molecule has 6 nitrogen and oxygen atoms in total. The van der Waals surface area contributed by atoms with Crippen LogP contribution in [0.3, 0.4) is 0 Å². The molecule has 0 unspecified atom stereocenters. The Morgan fingerprint density at radius 3 is 2.13 bits per heavy atom. The number of pyridine rings is 3. The molecular weight excluding hydrogens is 675 g/mol. The molecule has 0 bridgehead atoms. The van der Waals surface area contributed by atoms with E-state index in [0.717, 1.165) is 66.7 Å². The Morgan fingerprint density at radius 1 is 0.527 bits per heavy atom. The summed E-state index contributed by atoms with van der Waals surface area (Å²) < 4.78 is 11.4. The number of hydrogen-bond donors (Lipinski definition) is 0. The molecule has 0 atom stereocenters. The van der Waals surface area contributed by atoms with Gasteiger partial charge in [-0.2, -0.15) is 0 Å². The highest BCUT2D eigenvalue weighted by Crippen LogP contribution is 2.51. The van der Waals surface area contributed by atoms with Gasteiger partial charge in [-0.25, -0.2) is 15.0 Å². The normalized spacial score (nSPS) is 14.5. The van der Waals surface area contributed by atoms with Crippen molar-refractivity contribution in [2.75, 3.05) is 0 Å². The number of nitrogens with zero attached hydrogens (tertiary/aromatic N) is 5. The molecule has 264 valence electrons. The third-order valence-corrected chi connectivity index (χ3v) is 12.4. The molecule has 0 saturated heterocycles. The number of hydrogen-bond acceptors (Lipinski definition) is 4. The van der Waals surface area contributed by atoms with Gasteiger partial charge in [0.05, 0.1) is 16.7 Å². The molecule has 55 heavy (non-hydrogen) atoms. The molecule has 0 aliphatic carbocycles. The number of ether oxygens (including phenoxy) is 1. The summed E-state index contributed by atoms with van der Waals surface area (Å²) >= 11 is 0. The summed E-state index contributed by atoms with van der Waals surface area (Å²) in [5, 5.41) is 5.64. The average molecular weight is 712 g/mol. The number of rotatable bonds is 5. The predicted molar refractivity (Wildman–Crippen MR) is 224 cm³/mol. The second-order valence-corrected chi connectivity index (χ2v) is 15.8. The fraction of sp³-hybridized carbons (Fsp3) is 0.122. The Balaban J connectivity index is 1.09. The van der Waals surface area contributed by atoms with Crippen molar-refractivity contribution in [2.45, 2.75) is 38.5 Å². The van der Waals surface area contributed by atoms with Gasteiger partial charge in [-0.15, -0.1) is 0 Å². The van der Waals surface area contributed by atoms with Crippen LogP contribution < -0.4 is 4.74 Å². The van der Waals surface area contributed by atoms with Gasteiger partial charge in [0.2, 0.25) is 0 Å². The van der Waals surface area contributed by atoms with Crippen LogP contribution in [0, 0.1) is 0 Å².